The molecule has 10 aliphatic carbocycles. The molecule has 0 spiro atoms. The highest BCUT2D eigenvalue weighted by atomic mass is 15.2. The van der Waals surface area contributed by atoms with E-state index in [-0.39, 0.29) is 0 Å². The second-order valence-electron chi connectivity index (χ2n) is 15.7. The van der Waals surface area contributed by atoms with Gasteiger partial charge in [-0.15, -0.1) is 0 Å². The van der Waals surface area contributed by atoms with Crippen molar-refractivity contribution in [3.05, 3.63) is 69.4 Å². The number of allylic oxidation sites excluding steroid dienone is 11. The van der Waals surface area contributed by atoms with Crippen LogP contribution < -0.4 is 0 Å². The van der Waals surface area contributed by atoms with E-state index in [0.717, 1.165) is 36.1 Å². The molecule has 2 nitrogen and oxygen atoms in total. The second-order valence-corrected chi connectivity index (χ2v) is 15.7. The van der Waals surface area contributed by atoms with Crippen LogP contribution in [0.4, 0.5) is 0 Å². The number of hydrogen-bond acceptors (Lipinski definition) is 2. The van der Waals surface area contributed by atoms with E-state index in [9.17, 15) is 0 Å². The predicted molar refractivity (Wildman–Crippen MR) is 165 cm³/mol. The van der Waals surface area contributed by atoms with Gasteiger partial charge in [0.05, 0.1) is 6.54 Å². The predicted octanol–water partition coefficient (Wildman–Crippen LogP) is 8.41. The van der Waals surface area contributed by atoms with Crippen LogP contribution in [-0.4, -0.2) is 36.8 Å². The molecule has 40 heavy (non-hydrogen) atoms. The molecule has 0 amide bonds. The van der Waals surface area contributed by atoms with Gasteiger partial charge in [-0.1, -0.05) is 58.2 Å². The molecule has 2 heteroatoms. The Labute approximate surface area is 242 Å². The fraction of sp³-hybridized carbons (Fsp3) is 0.658. The quantitative estimate of drug-likeness (QED) is 0.237. The van der Waals surface area contributed by atoms with Crippen LogP contribution >= 0.6 is 0 Å². The molecule has 8 bridgehead atoms. The van der Waals surface area contributed by atoms with Gasteiger partial charge in [0.25, 0.3) is 0 Å². The molecule has 0 radical (unpaired) electrons. The molecule has 0 aromatic rings. The fourth-order valence-corrected chi connectivity index (χ4v) is 11.6. The normalized spacial score (nSPS) is 44.8. The Kier molecular flexibility index (Phi) is 5.57. The van der Waals surface area contributed by atoms with Crippen molar-refractivity contribution in [3.63, 3.8) is 0 Å². The Morgan fingerprint density at radius 1 is 0.975 bits per heavy atom. The molecule has 0 N–H and O–H groups in total. The smallest absolute Gasteiger partial charge is 0.0541 e. The first-order chi connectivity index (χ1) is 19.5. The zero-order chi connectivity index (χ0) is 26.6. The van der Waals surface area contributed by atoms with Gasteiger partial charge in [0.1, 0.15) is 0 Å². The summed E-state index contributed by atoms with van der Waals surface area (Å²) in [6, 6.07) is 0.629. The van der Waals surface area contributed by atoms with Crippen molar-refractivity contribution in [2.45, 2.75) is 90.5 Å². The van der Waals surface area contributed by atoms with Crippen molar-refractivity contribution in [1.29, 1.82) is 0 Å². The fourth-order valence-electron chi connectivity index (χ4n) is 11.6. The van der Waals surface area contributed by atoms with Gasteiger partial charge >= 0.3 is 0 Å². The number of nitrogens with zero attached hydrogens (tertiary/aromatic N) is 2. The Balaban J connectivity index is 0.829. The van der Waals surface area contributed by atoms with Crippen LogP contribution in [0.25, 0.3) is 0 Å². The lowest BCUT2D eigenvalue weighted by atomic mass is 9.44. The summed E-state index contributed by atoms with van der Waals surface area (Å²) in [5.74, 6) is 6.02. The molecular weight excluding hydrogens is 484 g/mol. The Morgan fingerprint density at radius 2 is 1.80 bits per heavy atom. The van der Waals surface area contributed by atoms with Crippen molar-refractivity contribution in [1.82, 2.24) is 4.90 Å². The minimum atomic E-state index is 0.510. The van der Waals surface area contributed by atoms with Gasteiger partial charge in [0.2, 0.25) is 0 Å². The van der Waals surface area contributed by atoms with Crippen LogP contribution in [0.3, 0.4) is 0 Å². The Morgan fingerprint density at radius 3 is 2.58 bits per heavy atom. The maximum Gasteiger partial charge on any atom is 0.0541 e. The summed E-state index contributed by atoms with van der Waals surface area (Å²) >= 11 is 0. The zero-order valence-electron chi connectivity index (χ0n) is 24.9. The van der Waals surface area contributed by atoms with Crippen LogP contribution in [0.5, 0.6) is 0 Å². The minimum Gasteiger partial charge on any atom is -0.298 e. The Hall–Kier alpha value is -1.93. The summed E-state index contributed by atoms with van der Waals surface area (Å²) in [5, 5.41) is 0. The third-order valence-electron chi connectivity index (χ3n) is 13.2. The molecule has 0 aromatic heterocycles. The summed E-state index contributed by atoms with van der Waals surface area (Å²) in [6.45, 7) is 8.13. The molecule has 1 heterocycles. The van der Waals surface area contributed by atoms with Gasteiger partial charge in [-0.2, -0.15) is 0 Å². The SMILES string of the molecule is CC1=CC(/C=N/CC2CCCN2CC2C=C(C)C=C(C3=C4C5CC4C5=CC3)C2)CC(C23CC4CC(C2)C(C4)C3)=C1. The summed E-state index contributed by atoms with van der Waals surface area (Å²) in [5.41, 5.74) is 12.4. The first-order valence-electron chi connectivity index (χ1n) is 17.0. The van der Waals surface area contributed by atoms with E-state index in [1.807, 2.05) is 5.57 Å². The second kappa shape index (κ2) is 9.03. The van der Waals surface area contributed by atoms with Gasteiger partial charge in [-0.3, -0.25) is 9.89 Å². The lowest BCUT2D eigenvalue weighted by molar-refractivity contribution is 0.180. The molecule has 11 aliphatic rings. The van der Waals surface area contributed by atoms with Crippen molar-refractivity contribution in [2.24, 2.45) is 51.8 Å². The van der Waals surface area contributed by atoms with Crippen molar-refractivity contribution < 1.29 is 0 Å². The number of hydrogen-bond donors (Lipinski definition) is 0. The molecular formula is C38H48N2. The highest BCUT2D eigenvalue weighted by Gasteiger charge is 2.57. The van der Waals surface area contributed by atoms with E-state index < -0.39 is 0 Å². The summed E-state index contributed by atoms with van der Waals surface area (Å²) < 4.78 is 0. The molecule has 8 fully saturated rings. The third-order valence-corrected chi connectivity index (χ3v) is 13.2. The third kappa shape index (κ3) is 3.80. The lowest BCUT2D eigenvalue weighted by Crippen LogP contribution is -2.48. The number of rotatable bonds is 7. The molecule has 7 atom stereocenters. The Bertz CT molecular complexity index is 1310. The lowest BCUT2D eigenvalue weighted by Gasteiger charge is -2.60. The minimum absolute atomic E-state index is 0.510. The van der Waals surface area contributed by atoms with E-state index in [1.165, 1.54) is 82.0 Å². The van der Waals surface area contributed by atoms with E-state index in [2.05, 4.69) is 55.3 Å². The number of likely N-dealkylation sites (tertiary alicyclic amines) is 1. The highest BCUT2D eigenvalue weighted by molar-refractivity contribution is 5.66. The largest absolute Gasteiger partial charge is 0.298 e. The average molecular weight is 533 g/mol. The summed E-state index contributed by atoms with van der Waals surface area (Å²) in [7, 11) is 0. The highest BCUT2D eigenvalue weighted by Crippen LogP contribution is 2.68. The molecule has 7 saturated carbocycles. The zero-order valence-corrected chi connectivity index (χ0v) is 24.9. The molecule has 7 unspecified atom stereocenters. The van der Waals surface area contributed by atoms with Crippen molar-refractivity contribution >= 4 is 6.21 Å². The molecule has 1 saturated heterocycles. The van der Waals surface area contributed by atoms with E-state index in [4.69, 9.17) is 4.99 Å². The van der Waals surface area contributed by atoms with Gasteiger partial charge in [-0.05, 0) is 131 Å². The first-order valence-corrected chi connectivity index (χ1v) is 17.0. The van der Waals surface area contributed by atoms with E-state index >= 15 is 0 Å². The monoisotopic (exact) mass is 532 g/mol. The van der Waals surface area contributed by atoms with Gasteiger partial charge in [0.15, 0.2) is 0 Å². The first kappa shape index (κ1) is 24.6. The van der Waals surface area contributed by atoms with Crippen molar-refractivity contribution in [3.8, 4) is 0 Å². The molecule has 1 aliphatic heterocycles. The van der Waals surface area contributed by atoms with Crippen molar-refractivity contribution in [2.75, 3.05) is 19.6 Å². The molecule has 210 valence electrons. The topological polar surface area (TPSA) is 15.6 Å². The summed E-state index contributed by atoms with van der Waals surface area (Å²) in [4.78, 5) is 7.97. The average Bonchev–Trinajstić information content (AvgIpc) is 3.52. The van der Waals surface area contributed by atoms with Gasteiger partial charge < -0.3 is 0 Å². The van der Waals surface area contributed by atoms with Crippen LogP contribution in [0.15, 0.2) is 74.4 Å². The molecule has 11 rings (SSSR count). The van der Waals surface area contributed by atoms with Crippen LogP contribution in [-0.2, 0) is 0 Å². The molecule has 0 aromatic carbocycles. The van der Waals surface area contributed by atoms with Crippen LogP contribution in [0.2, 0.25) is 0 Å². The van der Waals surface area contributed by atoms with Gasteiger partial charge in [-0.25, -0.2) is 0 Å². The van der Waals surface area contributed by atoms with E-state index in [1.54, 1.807) is 35.1 Å². The van der Waals surface area contributed by atoms with Crippen LogP contribution in [0.1, 0.15) is 84.5 Å². The number of aliphatic imine (C=N–C) groups is 1. The maximum absolute atomic E-state index is 5.17. The summed E-state index contributed by atoms with van der Waals surface area (Å²) in [6.07, 6.45) is 30.5. The van der Waals surface area contributed by atoms with Gasteiger partial charge in [0, 0.05) is 36.6 Å². The van der Waals surface area contributed by atoms with E-state index in [0.29, 0.717) is 23.3 Å². The standard InChI is InChI=1S/C38H48N2/c1-23-9-27(14-28(10-23)33-5-6-34-35-16-36(34)37(33)35)22-40-7-3-4-32(40)21-39-20-26-8-24(2)11-31(15-26)38-17-25-12-29(18-38)30(13-25)19-38/h6,8-11,20,25-27,29-30,32,35-36H,3-5,7,12-19,21-22H2,1-2H3/b39-20+. The maximum atomic E-state index is 5.17. The van der Waals surface area contributed by atoms with Crippen LogP contribution in [0, 0.1) is 46.8 Å².